The molecule has 11 heavy (non-hydrogen) atoms. The number of piperidine rings is 1. The second-order valence-corrected chi connectivity index (χ2v) is 4.10. The summed E-state index contributed by atoms with van der Waals surface area (Å²) in [4.78, 5) is 0. The minimum atomic E-state index is 0.681. The van der Waals surface area contributed by atoms with Crippen molar-refractivity contribution in [2.75, 3.05) is 19.6 Å². The summed E-state index contributed by atoms with van der Waals surface area (Å²) in [5.41, 5.74) is 6.43. The van der Waals surface area contributed by atoms with Crippen LogP contribution in [0.5, 0.6) is 0 Å². The van der Waals surface area contributed by atoms with Gasteiger partial charge in [-0.3, -0.25) is 0 Å². The van der Waals surface area contributed by atoms with Gasteiger partial charge in [-0.05, 0) is 50.2 Å². The Bertz CT molecular complexity index is 140. The van der Waals surface area contributed by atoms with Crippen molar-refractivity contribution in [3.05, 3.63) is 0 Å². The Morgan fingerprint density at radius 3 is 2.64 bits per heavy atom. The Labute approximate surface area is 68.5 Å². The zero-order valence-electron chi connectivity index (χ0n) is 7.10. The molecule has 1 unspecified atom stereocenters. The van der Waals surface area contributed by atoms with Crippen LogP contribution in [-0.4, -0.2) is 19.6 Å². The van der Waals surface area contributed by atoms with E-state index in [0.717, 1.165) is 19.0 Å². The monoisotopic (exact) mass is 154 g/mol. The van der Waals surface area contributed by atoms with Crippen LogP contribution >= 0.6 is 0 Å². The van der Waals surface area contributed by atoms with Crippen molar-refractivity contribution in [3.63, 3.8) is 0 Å². The van der Waals surface area contributed by atoms with Gasteiger partial charge in [-0.15, -0.1) is 0 Å². The molecule has 2 rings (SSSR count). The van der Waals surface area contributed by atoms with E-state index in [2.05, 4.69) is 5.32 Å². The van der Waals surface area contributed by atoms with Crippen LogP contribution < -0.4 is 11.1 Å². The lowest BCUT2D eigenvalue weighted by molar-refractivity contribution is 0.0220. The molecule has 1 spiro atoms. The second-order valence-electron chi connectivity index (χ2n) is 4.10. The van der Waals surface area contributed by atoms with Crippen LogP contribution in [0.3, 0.4) is 0 Å². The summed E-state index contributed by atoms with van der Waals surface area (Å²) >= 11 is 0. The minimum absolute atomic E-state index is 0.681. The van der Waals surface area contributed by atoms with Gasteiger partial charge in [0.15, 0.2) is 0 Å². The Hall–Kier alpha value is -0.0800. The molecule has 1 saturated carbocycles. The Morgan fingerprint density at radius 2 is 2.18 bits per heavy atom. The molecule has 2 fully saturated rings. The van der Waals surface area contributed by atoms with Gasteiger partial charge in [0.05, 0.1) is 0 Å². The quantitative estimate of drug-likeness (QED) is 0.584. The number of nitrogens with one attached hydrogen (secondary N) is 1. The molecule has 1 heterocycles. The third-order valence-electron chi connectivity index (χ3n) is 3.69. The van der Waals surface area contributed by atoms with Gasteiger partial charge < -0.3 is 11.1 Å². The van der Waals surface area contributed by atoms with Crippen LogP contribution in [0, 0.1) is 11.3 Å². The second kappa shape index (κ2) is 2.76. The van der Waals surface area contributed by atoms with Gasteiger partial charge in [0.2, 0.25) is 0 Å². The van der Waals surface area contributed by atoms with Crippen molar-refractivity contribution >= 4 is 0 Å². The first-order chi connectivity index (χ1) is 5.37. The molecule has 1 saturated heterocycles. The molecular weight excluding hydrogens is 136 g/mol. The zero-order valence-corrected chi connectivity index (χ0v) is 7.10. The number of hydrogen-bond donors (Lipinski definition) is 2. The standard InChI is InChI=1S/C9H18N2/c10-6-8-7-11-5-4-9(8)2-1-3-9/h8,11H,1-7,10H2. The van der Waals surface area contributed by atoms with Crippen molar-refractivity contribution in [1.82, 2.24) is 5.32 Å². The molecule has 0 amide bonds. The molecule has 2 aliphatic rings. The normalized spacial score (nSPS) is 35.2. The summed E-state index contributed by atoms with van der Waals surface area (Å²) < 4.78 is 0. The molecule has 1 aliphatic carbocycles. The average Bonchev–Trinajstić information content (AvgIpc) is 2.01. The van der Waals surface area contributed by atoms with Crippen LogP contribution in [0.15, 0.2) is 0 Å². The molecular formula is C9H18N2. The first-order valence-electron chi connectivity index (χ1n) is 4.78. The van der Waals surface area contributed by atoms with Gasteiger partial charge in [-0.25, -0.2) is 0 Å². The molecule has 0 radical (unpaired) electrons. The summed E-state index contributed by atoms with van der Waals surface area (Å²) in [6, 6.07) is 0. The fourth-order valence-electron chi connectivity index (χ4n) is 2.66. The van der Waals surface area contributed by atoms with E-state index < -0.39 is 0 Å². The highest BCUT2D eigenvalue weighted by atomic mass is 14.9. The molecule has 0 aromatic heterocycles. The van der Waals surface area contributed by atoms with Gasteiger partial charge in [0, 0.05) is 0 Å². The van der Waals surface area contributed by atoms with E-state index in [1.807, 2.05) is 0 Å². The van der Waals surface area contributed by atoms with Crippen LogP contribution in [0.4, 0.5) is 0 Å². The summed E-state index contributed by atoms with van der Waals surface area (Å²) in [5.74, 6) is 0.769. The molecule has 1 atom stereocenters. The molecule has 2 heteroatoms. The predicted octanol–water partition coefficient (Wildman–Crippen LogP) is 0.725. The number of hydrogen-bond acceptors (Lipinski definition) is 2. The third kappa shape index (κ3) is 1.09. The fraction of sp³-hybridized carbons (Fsp3) is 1.00. The lowest BCUT2D eigenvalue weighted by Crippen LogP contribution is -2.51. The summed E-state index contributed by atoms with van der Waals surface area (Å²) in [6.07, 6.45) is 5.69. The molecule has 3 N–H and O–H groups in total. The first kappa shape index (κ1) is 7.56. The first-order valence-corrected chi connectivity index (χ1v) is 4.78. The lowest BCUT2D eigenvalue weighted by Gasteiger charge is -2.50. The number of rotatable bonds is 1. The van der Waals surface area contributed by atoms with Gasteiger partial charge in [-0.1, -0.05) is 6.42 Å². The maximum atomic E-state index is 5.75. The van der Waals surface area contributed by atoms with Crippen molar-refractivity contribution in [2.45, 2.75) is 25.7 Å². The van der Waals surface area contributed by atoms with Crippen molar-refractivity contribution < 1.29 is 0 Å². The topological polar surface area (TPSA) is 38.0 Å². The van der Waals surface area contributed by atoms with Gasteiger partial charge >= 0.3 is 0 Å². The minimum Gasteiger partial charge on any atom is -0.330 e. The summed E-state index contributed by atoms with van der Waals surface area (Å²) in [7, 11) is 0. The summed E-state index contributed by atoms with van der Waals surface area (Å²) in [6.45, 7) is 3.26. The van der Waals surface area contributed by atoms with Crippen molar-refractivity contribution in [2.24, 2.45) is 17.1 Å². The molecule has 1 aliphatic heterocycles. The zero-order chi connectivity index (χ0) is 7.73. The highest BCUT2D eigenvalue weighted by Crippen LogP contribution is 2.50. The maximum absolute atomic E-state index is 5.75. The SMILES string of the molecule is NCC1CNCCC12CCC2. The largest absolute Gasteiger partial charge is 0.330 e. The number of nitrogens with two attached hydrogens (primary N) is 1. The smallest absolute Gasteiger partial charge is 0.000312 e. The molecule has 0 aromatic rings. The highest BCUT2D eigenvalue weighted by molar-refractivity contribution is 4.97. The fourth-order valence-corrected chi connectivity index (χ4v) is 2.66. The van der Waals surface area contributed by atoms with Crippen LogP contribution in [0.2, 0.25) is 0 Å². The predicted molar refractivity (Wildman–Crippen MR) is 46.3 cm³/mol. The molecule has 0 bridgehead atoms. The van der Waals surface area contributed by atoms with Gasteiger partial charge in [0.25, 0.3) is 0 Å². The van der Waals surface area contributed by atoms with Gasteiger partial charge in [0.1, 0.15) is 0 Å². The van der Waals surface area contributed by atoms with Crippen molar-refractivity contribution in [1.29, 1.82) is 0 Å². The van der Waals surface area contributed by atoms with E-state index in [1.54, 1.807) is 0 Å². The van der Waals surface area contributed by atoms with Crippen molar-refractivity contribution in [3.8, 4) is 0 Å². The Morgan fingerprint density at radius 1 is 1.36 bits per heavy atom. The van der Waals surface area contributed by atoms with Gasteiger partial charge in [-0.2, -0.15) is 0 Å². The maximum Gasteiger partial charge on any atom is -0.000312 e. The molecule has 0 aromatic carbocycles. The van der Waals surface area contributed by atoms with Crippen LogP contribution in [0.1, 0.15) is 25.7 Å². The molecule has 64 valence electrons. The van der Waals surface area contributed by atoms with E-state index >= 15 is 0 Å². The van der Waals surface area contributed by atoms with E-state index in [0.29, 0.717) is 5.41 Å². The third-order valence-corrected chi connectivity index (χ3v) is 3.69. The van der Waals surface area contributed by atoms with Crippen LogP contribution in [0.25, 0.3) is 0 Å². The highest BCUT2D eigenvalue weighted by Gasteiger charge is 2.44. The van der Waals surface area contributed by atoms with E-state index in [9.17, 15) is 0 Å². The Balaban J connectivity index is 2.02. The van der Waals surface area contributed by atoms with Crippen LogP contribution in [-0.2, 0) is 0 Å². The summed E-state index contributed by atoms with van der Waals surface area (Å²) in [5, 5.41) is 3.43. The van der Waals surface area contributed by atoms with E-state index in [4.69, 9.17) is 5.73 Å². The molecule has 2 nitrogen and oxygen atoms in total. The average molecular weight is 154 g/mol. The van der Waals surface area contributed by atoms with E-state index in [-0.39, 0.29) is 0 Å². The Kier molecular flexibility index (Phi) is 1.90. The lowest BCUT2D eigenvalue weighted by atomic mass is 9.58. The van der Waals surface area contributed by atoms with E-state index in [1.165, 1.54) is 32.2 Å².